The van der Waals surface area contributed by atoms with E-state index in [0.29, 0.717) is 23.5 Å². The largest absolute Gasteiger partial charge is 0.331 e. The van der Waals surface area contributed by atoms with Crippen molar-refractivity contribution in [2.75, 3.05) is 24.6 Å². The number of aromatic nitrogens is 2. The Morgan fingerprint density at radius 1 is 1.29 bits per heavy atom. The van der Waals surface area contributed by atoms with Crippen LogP contribution in [-0.2, 0) is 9.84 Å². The molecule has 0 aromatic carbocycles. The van der Waals surface area contributed by atoms with Gasteiger partial charge in [-0.3, -0.25) is 0 Å². The van der Waals surface area contributed by atoms with Crippen molar-refractivity contribution >= 4 is 9.84 Å². The SMILES string of the molecule is O=S1(=O)CCC(n2cncc2C2CNC2)CC1. The van der Waals surface area contributed by atoms with E-state index >= 15 is 0 Å². The highest BCUT2D eigenvalue weighted by atomic mass is 32.2. The lowest BCUT2D eigenvalue weighted by molar-refractivity contribution is 0.384. The Kier molecular flexibility index (Phi) is 2.71. The summed E-state index contributed by atoms with van der Waals surface area (Å²) in [4.78, 5) is 4.22. The van der Waals surface area contributed by atoms with Crippen LogP contribution in [0, 0.1) is 0 Å². The summed E-state index contributed by atoms with van der Waals surface area (Å²) in [7, 11) is -2.78. The highest BCUT2D eigenvalue weighted by Crippen LogP contribution is 2.29. The van der Waals surface area contributed by atoms with E-state index in [4.69, 9.17) is 0 Å². The first kappa shape index (κ1) is 11.2. The normalized spacial score (nSPS) is 25.6. The van der Waals surface area contributed by atoms with Crippen LogP contribution in [0.3, 0.4) is 0 Å². The van der Waals surface area contributed by atoms with Gasteiger partial charge in [0.05, 0.1) is 17.8 Å². The van der Waals surface area contributed by atoms with Gasteiger partial charge in [-0.25, -0.2) is 13.4 Å². The van der Waals surface area contributed by atoms with Crippen LogP contribution in [-0.4, -0.2) is 42.6 Å². The molecule has 3 heterocycles. The molecular weight excluding hydrogens is 238 g/mol. The molecule has 5 nitrogen and oxygen atoms in total. The molecule has 1 aromatic heterocycles. The molecule has 2 aliphatic rings. The van der Waals surface area contributed by atoms with Gasteiger partial charge >= 0.3 is 0 Å². The Morgan fingerprint density at radius 2 is 2.00 bits per heavy atom. The van der Waals surface area contributed by atoms with E-state index in [1.165, 1.54) is 5.69 Å². The highest BCUT2D eigenvalue weighted by molar-refractivity contribution is 7.91. The van der Waals surface area contributed by atoms with Crippen molar-refractivity contribution < 1.29 is 8.42 Å². The maximum atomic E-state index is 11.4. The molecule has 94 valence electrons. The molecule has 0 radical (unpaired) electrons. The number of hydrogen-bond donors (Lipinski definition) is 1. The zero-order valence-electron chi connectivity index (χ0n) is 9.67. The summed E-state index contributed by atoms with van der Waals surface area (Å²) in [5.74, 6) is 1.19. The van der Waals surface area contributed by atoms with Crippen LogP contribution in [0.1, 0.15) is 30.5 Å². The molecule has 0 unspecified atom stereocenters. The first-order chi connectivity index (χ1) is 8.16. The second-order valence-corrected chi connectivity index (χ2v) is 7.27. The fourth-order valence-electron chi connectivity index (χ4n) is 2.59. The zero-order chi connectivity index (χ0) is 11.9. The van der Waals surface area contributed by atoms with Crippen LogP contribution in [0.5, 0.6) is 0 Å². The zero-order valence-corrected chi connectivity index (χ0v) is 10.5. The molecule has 0 aliphatic carbocycles. The first-order valence-corrected chi connectivity index (χ1v) is 7.91. The lowest BCUT2D eigenvalue weighted by Gasteiger charge is -2.31. The number of nitrogens with zero attached hydrogens (tertiary/aromatic N) is 2. The molecule has 0 saturated carbocycles. The molecular formula is C11H17N3O2S. The minimum Gasteiger partial charge on any atom is -0.331 e. The average molecular weight is 255 g/mol. The van der Waals surface area contributed by atoms with Crippen molar-refractivity contribution in [2.24, 2.45) is 0 Å². The minimum absolute atomic E-state index is 0.316. The third kappa shape index (κ3) is 2.11. The molecule has 0 atom stereocenters. The summed E-state index contributed by atoms with van der Waals surface area (Å²) in [6.07, 6.45) is 5.24. The molecule has 6 heteroatoms. The lowest BCUT2D eigenvalue weighted by Crippen LogP contribution is -2.41. The summed E-state index contributed by atoms with van der Waals surface area (Å²) in [5, 5.41) is 3.26. The van der Waals surface area contributed by atoms with Crippen molar-refractivity contribution in [2.45, 2.75) is 24.8 Å². The van der Waals surface area contributed by atoms with E-state index in [1.54, 1.807) is 0 Å². The maximum Gasteiger partial charge on any atom is 0.150 e. The van der Waals surface area contributed by atoms with Gasteiger partial charge in [0.1, 0.15) is 9.84 Å². The predicted octanol–water partition coefficient (Wildman–Crippen LogP) is 0.320. The van der Waals surface area contributed by atoms with Crippen molar-refractivity contribution in [3.63, 3.8) is 0 Å². The Bertz CT molecular complexity index is 491. The fraction of sp³-hybridized carbons (Fsp3) is 0.727. The third-order valence-electron chi connectivity index (χ3n) is 3.81. The molecule has 2 fully saturated rings. The summed E-state index contributed by atoms with van der Waals surface area (Å²) >= 11 is 0. The van der Waals surface area contributed by atoms with Crippen LogP contribution in [0.25, 0.3) is 0 Å². The van der Waals surface area contributed by atoms with Crippen LogP contribution >= 0.6 is 0 Å². The Labute approximate surface area is 101 Å². The molecule has 2 saturated heterocycles. The molecule has 0 bridgehead atoms. The molecule has 17 heavy (non-hydrogen) atoms. The molecule has 2 aliphatic heterocycles. The summed E-state index contributed by atoms with van der Waals surface area (Å²) in [6.45, 7) is 2.02. The van der Waals surface area contributed by atoms with Crippen LogP contribution in [0.15, 0.2) is 12.5 Å². The van der Waals surface area contributed by atoms with Crippen LogP contribution in [0.2, 0.25) is 0 Å². The second-order valence-electron chi connectivity index (χ2n) is 4.96. The third-order valence-corrected chi connectivity index (χ3v) is 5.53. The van der Waals surface area contributed by atoms with E-state index < -0.39 is 9.84 Å². The number of imidazole rings is 1. The van der Waals surface area contributed by atoms with Gasteiger partial charge in [0.2, 0.25) is 0 Å². The monoisotopic (exact) mass is 255 g/mol. The van der Waals surface area contributed by atoms with E-state index in [2.05, 4.69) is 14.9 Å². The molecule has 1 N–H and O–H groups in total. The molecule has 3 rings (SSSR count). The van der Waals surface area contributed by atoms with Crippen molar-refractivity contribution in [1.29, 1.82) is 0 Å². The quantitative estimate of drug-likeness (QED) is 0.826. The topological polar surface area (TPSA) is 64.0 Å². The van der Waals surface area contributed by atoms with Crippen molar-refractivity contribution in [3.05, 3.63) is 18.2 Å². The fourth-order valence-corrected chi connectivity index (χ4v) is 4.06. The minimum atomic E-state index is -2.78. The standard InChI is InChI=1S/C11H17N3O2S/c15-17(16)3-1-10(2-4-17)14-8-13-7-11(14)9-5-12-6-9/h7-10,12H,1-6H2. The maximum absolute atomic E-state index is 11.4. The van der Waals surface area contributed by atoms with Gasteiger partial charge in [-0.1, -0.05) is 0 Å². The van der Waals surface area contributed by atoms with Gasteiger partial charge < -0.3 is 9.88 Å². The highest BCUT2D eigenvalue weighted by Gasteiger charge is 2.29. The van der Waals surface area contributed by atoms with Gasteiger partial charge in [-0.2, -0.15) is 0 Å². The van der Waals surface area contributed by atoms with Gasteiger partial charge in [0, 0.05) is 36.9 Å². The Morgan fingerprint density at radius 3 is 2.59 bits per heavy atom. The first-order valence-electron chi connectivity index (χ1n) is 6.08. The molecule has 0 spiro atoms. The van der Waals surface area contributed by atoms with Gasteiger partial charge in [0.15, 0.2) is 0 Å². The van der Waals surface area contributed by atoms with Gasteiger partial charge in [0.25, 0.3) is 0 Å². The van der Waals surface area contributed by atoms with Crippen LogP contribution in [0.4, 0.5) is 0 Å². The smallest absolute Gasteiger partial charge is 0.150 e. The molecule has 0 amide bonds. The summed E-state index contributed by atoms with van der Waals surface area (Å²) < 4.78 is 25.0. The lowest BCUT2D eigenvalue weighted by atomic mass is 9.99. The van der Waals surface area contributed by atoms with Gasteiger partial charge in [-0.05, 0) is 12.8 Å². The number of rotatable bonds is 2. The van der Waals surface area contributed by atoms with E-state index in [0.717, 1.165) is 25.9 Å². The van der Waals surface area contributed by atoms with E-state index in [9.17, 15) is 8.42 Å². The van der Waals surface area contributed by atoms with Crippen molar-refractivity contribution in [1.82, 2.24) is 14.9 Å². The number of nitrogens with one attached hydrogen (secondary N) is 1. The van der Waals surface area contributed by atoms with E-state index in [1.807, 2.05) is 12.5 Å². The van der Waals surface area contributed by atoms with Crippen molar-refractivity contribution in [3.8, 4) is 0 Å². The number of hydrogen-bond acceptors (Lipinski definition) is 4. The van der Waals surface area contributed by atoms with Gasteiger partial charge in [-0.15, -0.1) is 0 Å². The number of sulfone groups is 1. The Hall–Kier alpha value is -0.880. The predicted molar refractivity (Wildman–Crippen MR) is 64.8 cm³/mol. The van der Waals surface area contributed by atoms with Crippen LogP contribution < -0.4 is 5.32 Å². The summed E-state index contributed by atoms with van der Waals surface area (Å²) in [6, 6.07) is 0.316. The second kappa shape index (κ2) is 4.10. The average Bonchev–Trinajstić information content (AvgIpc) is 2.64. The molecule has 1 aromatic rings. The van der Waals surface area contributed by atoms with E-state index in [-0.39, 0.29) is 0 Å². The Balaban J connectivity index is 1.78. The summed E-state index contributed by atoms with van der Waals surface area (Å²) in [5.41, 5.74) is 1.26.